The predicted molar refractivity (Wildman–Crippen MR) is 65.9 cm³/mol. The molecule has 1 aliphatic heterocycles. The van der Waals surface area contributed by atoms with E-state index in [0.29, 0.717) is 5.57 Å². The van der Waals surface area contributed by atoms with Crippen LogP contribution in [0.3, 0.4) is 0 Å². The van der Waals surface area contributed by atoms with Gasteiger partial charge in [0.05, 0.1) is 6.07 Å². The van der Waals surface area contributed by atoms with Crippen molar-refractivity contribution < 1.29 is 0 Å². The second kappa shape index (κ2) is 5.50. The lowest BCUT2D eigenvalue weighted by Gasteiger charge is -2.34. The molecule has 0 amide bonds. The minimum absolute atomic E-state index is 0.708. The fourth-order valence-electron chi connectivity index (χ4n) is 3.32. The van der Waals surface area contributed by atoms with E-state index in [1.165, 1.54) is 51.6 Å². The highest BCUT2D eigenvalue weighted by Gasteiger charge is 2.28. The summed E-state index contributed by atoms with van der Waals surface area (Å²) in [4.78, 5) is 2.39. The quantitative estimate of drug-likeness (QED) is 0.681. The van der Waals surface area contributed by atoms with E-state index in [-0.39, 0.29) is 0 Å². The SMILES string of the molecule is C=C(C#N)CN1CCC(C2CCCC2)CC1. The molecule has 2 heteroatoms. The molecule has 0 aromatic heterocycles. The third kappa shape index (κ3) is 2.86. The third-order valence-corrected chi connectivity index (χ3v) is 4.27. The summed E-state index contributed by atoms with van der Waals surface area (Å²) in [6, 6.07) is 2.14. The summed E-state index contributed by atoms with van der Waals surface area (Å²) < 4.78 is 0. The predicted octanol–water partition coefficient (Wildman–Crippen LogP) is 2.97. The molecule has 16 heavy (non-hydrogen) atoms. The average molecular weight is 218 g/mol. The number of piperidine rings is 1. The van der Waals surface area contributed by atoms with Gasteiger partial charge in [0.1, 0.15) is 0 Å². The van der Waals surface area contributed by atoms with Crippen LogP contribution in [0.2, 0.25) is 0 Å². The lowest BCUT2D eigenvalue weighted by molar-refractivity contribution is 0.158. The Morgan fingerprint density at radius 2 is 1.69 bits per heavy atom. The maximum Gasteiger partial charge on any atom is 0.0954 e. The van der Waals surface area contributed by atoms with Crippen molar-refractivity contribution in [2.45, 2.75) is 38.5 Å². The van der Waals surface area contributed by atoms with Crippen molar-refractivity contribution >= 4 is 0 Å². The lowest BCUT2D eigenvalue weighted by atomic mass is 9.83. The summed E-state index contributed by atoms with van der Waals surface area (Å²) in [7, 11) is 0. The first-order valence-electron chi connectivity index (χ1n) is 6.60. The Morgan fingerprint density at radius 3 is 2.25 bits per heavy atom. The second-order valence-corrected chi connectivity index (χ2v) is 5.37. The normalized spacial score (nSPS) is 24.4. The van der Waals surface area contributed by atoms with Crippen LogP contribution in [0.15, 0.2) is 12.2 Å². The monoisotopic (exact) mass is 218 g/mol. The summed E-state index contributed by atoms with van der Waals surface area (Å²) >= 11 is 0. The standard InChI is InChI=1S/C14H22N2/c1-12(10-15)11-16-8-6-14(7-9-16)13-4-2-3-5-13/h13-14H,1-9,11H2. The molecule has 0 N–H and O–H groups in total. The van der Waals surface area contributed by atoms with Gasteiger partial charge in [-0.1, -0.05) is 32.3 Å². The Hall–Kier alpha value is -0.810. The van der Waals surface area contributed by atoms with Gasteiger partial charge in [-0.15, -0.1) is 0 Å². The molecule has 2 nitrogen and oxygen atoms in total. The molecular weight excluding hydrogens is 196 g/mol. The second-order valence-electron chi connectivity index (χ2n) is 5.37. The van der Waals surface area contributed by atoms with Gasteiger partial charge in [-0.3, -0.25) is 4.90 Å². The maximum absolute atomic E-state index is 8.71. The molecular formula is C14H22N2. The van der Waals surface area contributed by atoms with Crippen molar-refractivity contribution in [2.75, 3.05) is 19.6 Å². The van der Waals surface area contributed by atoms with Crippen LogP contribution in [0.5, 0.6) is 0 Å². The fraction of sp³-hybridized carbons (Fsp3) is 0.786. The van der Waals surface area contributed by atoms with Crippen LogP contribution in [0.1, 0.15) is 38.5 Å². The Bertz CT molecular complexity index is 276. The van der Waals surface area contributed by atoms with Gasteiger partial charge < -0.3 is 0 Å². The van der Waals surface area contributed by atoms with Crippen LogP contribution in [0, 0.1) is 23.2 Å². The van der Waals surface area contributed by atoms with Gasteiger partial charge in [0.2, 0.25) is 0 Å². The number of hydrogen-bond acceptors (Lipinski definition) is 2. The van der Waals surface area contributed by atoms with Crippen LogP contribution in [-0.4, -0.2) is 24.5 Å². The minimum atomic E-state index is 0.708. The van der Waals surface area contributed by atoms with Crippen molar-refractivity contribution in [2.24, 2.45) is 11.8 Å². The number of nitrogens with zero attached hydrogens (tertiary/aromatic N) is 2. The molecule has 0 aromatic rings. The fourth-order valence-corrected chi connectivity index (χ4v) is 3.32. The van der Waals surface area contributed by atoms with E-state index in [1.807, 2.05) is 0 Å². The van der Waals surface area contributed by atoms with Gasteiger partial charge in [0.25, 0.3) is 0 Å². The molecule has 0 atom stereocenters. The van der Waals surface area contributed by atoms with E-state index in [9.17, 15) is 0 Å². The molecule has 1 saturated carbocycles. The van der Waals surface area contributed by atoms with Crippen LogP contribution < -0.4 is 0 Å². The molecule has 2 aliphatic rings. The van der Waals surface area contributed by atoms with Crippen LogP contribution in [-0.2, 0) is 0 Å². The summed E-state index contributed by atoms with van der Waals surface area (Å²) in [5.41, 5.74) is 0.708. The first-order chi connectivity index (χ1) is 7.79. The Kier molecular flexibility index (Phi) is 4.01. The molecule has 1 heterocycles. The van der Waals surface area contributed by atoms with E-state index in [4.69, 9.17) is 5.26 Å². The van der Waals surface area contributed by atoms with Crippen LogP contribution in [0.4, 0.5) is 0 Å². The van der Waals surface area contributed by atoms with Crippen LogP contribution in [0.25, 0.3) is 0 Å². The smallest absolute Gasteiger partial charge is 0.0954 e. The lowest BCUT2D eigenvalue weighted by Crippen LogP contribution is -2.36. The third-order valence-electron chi connectivity index (χ3n) is 4.27. The van der Waals surface area contributed by atoms with Crippen LogP contribution >= 0.6 is 0 Å². The number of rotatable bonds is 3. The van der Waals surface area contributed by atoms with Gasteiger partial charge in [0, 0.05) is 12.1 Å². The summed E-state index contributed by atoms with van der Waals surface area (Å²) in [6.45, 7) is 6.88. The maximum atomic E-state index is 8.71. The van der Waals surface area contributed by atoms with E-state index >= 15 is 0 Å². The van der Waals surface area contributed by atoms with E-state index < -0.39 is 0 Å². The number of hydrogen-bond donors (Lipinski definition) is 0. The number of likely N-dealkylation sites (tertiary alicyclic amines) is 1. The number of nitriles is 1. The van der Waals surface area contributed by atoms with E-state index in [2.05, 4.69) is 17.5 Å². The highest BCUT2D eigenvalue weighted by molar-refractivity contribution is 5.17. The molecule has 2 fully saturated rings. The molecule has 0 spiro atoms. The molecule has 1 aliphatic carbocycles. The summed E-state index contributed by atoms with van der Waals surface area (Å²) in [5.74, 6) is 1.98. The van der Waals surface area contributed by atoms with Gasteiger partial charge in [-0.25, -0.2) is 0 Å². The zero-order valence-electron chi connectivity index (χ0n) is 10.1. The zero-order chi connectivity index (χ0) is 11.4. The molecule has 0 radical (unpaired) electrons. The molecule has 88 valence electrons. The van der Waals surface area contributed by atoms with Crippen molar-refractivity contribution in [3.63, 3.8) is 0 Å². The Morgan fingerprint density at radius 1 is 1.12 bits per heavy atom. The van der Waals surface area contributed by atoms with Crippen molar-refractivity contribution in [3.05, 3.63) is 12.2 Å². The molecule has 0 unspecified atom stereocenters. The Balaban J connectivity index is 1.74. The summed E-state index contributed by atoms with van der Waals surface area (Å²) in [6.07, 6.45) is 8.52. The largest absolute Gasteiger partial charge is 0.298 e. The molecule has 0 bridgehead atoms. The van der Waals surface area contributed by atoms with Gasteiger partial charge in [-0.2, -0.15) is 5.26 Å². The molecule has 1 saturated heterocycles. The van der Waals surface area contributed by atoms with Gasteiger partial charge >= 0.3 is 0 Å². The zero-order valence-corrected chi connectivity index (χ0v) is 10.1. The highest BCUT2D eigenvalue weighted by Crippen LogP contribution is 2.36. The first-order valence-corrected chi connectivity index (χ1v) is 6.60. The minimum Gasteiger partial charge on any atom is -0.298 e. The Labute approximate surface area is 98.9 Å². The van der Waals surface area contributed by atoms with Crippen molar-refractivity contribution in [3.8, 4) is 6.07 Å². The topological polar surface area (TPSA) is 27.0 Å². The molecule has 0 aromatic carbocycles. The van der Waals surface area contributed by atoms with Gasteiger partial charge in [0.15, 0.2) is 0 Å². The van der Waals surface area contributed by atoms with Crippen molar-refractivity contribution in [1.29, 1.82) is 5.26 Å². The van der Waals surface area contributed by atoms with Crippen molar-refractivity contribution in [1.82, 2.24) is 4.90 Å². The first kappa shape index (κ1) is 11.7. The van der Waals surface area contributed by atoms with Gasteiger partial charge in [-0.05, 0) is 37.8 Å². The molecule has 2 rings (SSSR count). The highest BCUT2D eigenvalue weighted by atomic mass is 15.1. The summed E-state index contributed by atoms with van der Waals surface area (Å²) in [5, 5.41) is 8.71. The van der Waals surface area contributed by atoms with E-state index in [0.717, 1.165) is 18.4 Å². The van der Waals surface area contributed by atoms with E-state index in [1.54, 1.807) is 0 Å². The average Bonchev–Trinajstić information content (AvgIpc) is 2.83.